The number of aromatic nitrogens is 2. The molecule has 1 unspecified atom stereocenters. The van der Waals surface area contributed by atoms with Gasteiger partial charge in [-0.1, -0.05) is 6.92 Å². The molecule has 4 nitrogen and oxygen atoms in total. The van der Waals surface area contributed by atoms with Crippen LogP contribution in [0.15, 0.2) is 11.1 Å². The Bertz CT molecular complexity index is 596. The van der Waals surface area contributed by atoms with Crippen molar-refractivity contribution in [2.45, 2.75) is 33.2 Å². The topological polar surface area (TPSA) is 55.1 Å². The number of rotatable bonds is 3. The van der Waals surface area contributed by atoms with Crippen molar-refractivity contribution in [3.63, 3.8) is 0 Å². The zero-order valence-electron chi connectivity index (χ0n) is 10.2. The summed E-state index contributed by atoms with van der Waals surface area (Å²) in [4.78, 5) is 18.6. The van der Waals surface area contributed by atoms with Crippen molar-refractivity contribution in [3.05, 3.63) is 27.1 Å². The van der Waals surface area contributed by atoms with Crippen LogP contribution in [-0.2, 0) is 0 Å². The number of aliphatic hydroxyl groups is 1. The molecule has 2 rings (SSSR count). The van der Waals surface area contributed by atoms with E-state index in [1.165, 1.54) is 0 Å². The van der Waals surface area contributed by atoms with E-state index < -0.39 is 0 Å². The third-order valence-electron chi connectivity index (χ3n) is 3.19. The molecule has 0 aliphatic rings. The maximum absolute atomic E-state index is 12.3. The van der Waals surface area contributed by atoms with Crippen LogP contribution >= 0.6 is 11.3 Å². The van der Waals surface area contributed by atoms with Gasteiger partial charge in [0.05, 0.1) is 24.4 Å². The summed E-state index contributed by atoms with van der Waals surface area (Å²) in [6.45, 7) is 5.85. The van der Waals surface area contributed by atoms with E-state index in [-0.39, 0.29) is 18.2 Å². The summed E-state index contributed by atoms with van der Waals surface area (Å²) < 4.78 is 1.54. The summed E-state index contributed by atoms with van der Waals surface area (Å²) in [5.41, 5.74) is 0.961. The van der Waals surface area contributed by atoms with Gasteiger partial charge >= 0.3 is 0 Å². The van der Waals surface area contributed by atoms with Crippen LogP contribution in [0.5, 0.6) is 0 Å². The minimum absolute atomic E-state index is 0.0360. The Kier molecular flexibility index (Phi) is 3.31. The fourth-order valence-electron chi connectivity index (χ4n) is 1.92. The fourth-order valence-corrected chi connectivity index (χ4v) is 2.91. The molecule has 2 heterocycles. The smallest absolute Gasteiger partial charge is 0.262 e. The van der Waals surface area contributed by atoms with Gasteiger partial charge in [-0.2, -0.15) is 0 Å². The molecule has 17 heavy (non-hydrogen) atoms. The highest BCUT2D eigenvalue weighted by molar-refractivity contribution is 7.18. The summed E-state index contributed by atoms with van der Waals surface area (Å²) in [5.74, 6) is 0. The van der Waals surface area contributed by atoms with Crippen LogP contribution in [0, 0.1) is 13.8 Å². The van der Waals surface area contributed by atoms with Crippen molar-refractivity contribution < 1.29 is 5.11 Å². The summed E-state index contributed by atoms with van der Waals surface area (Å²) >= 11 is 1.54. The molecule has 0 bridgehead atoms. The van der Waals surface area contributed by atoms with E-state index in [9.17, 15) is 9.90 Å². The normalized spacial score (nSPS) is 13.2. The second-order valence-corrected chi connectivity index (χ2v) is 5.37. The van der Waals surface area contributed by atoms with Gasteiger partial charge in [0.15, 0.2) is 0 Å². The van der Waals surface area contributed by atoms with E-state index in [0.717, 1.165) is 15.3 Å². The van der Waals surface area contributed by atoms with E-state index >= 15 is 0 Å². The average Bonchev–Trinajstić information content (AvgIpc) is 2.60. The highest BCUT2D eigenvalue weighted by Crippen LogP contribution is 2.25. The SMILES string of the molecule is CCC(CO)n1cnc2sc(C)c(C)c2c1=O. The first-order valence-corrected chi connectivity index (χ1v) is 6.49. The maximum atomic E-state index is 12.3. The molecule has 0 spiro atoms. The molecular weight excluding hydrogens is 236 g/mol. The van der Waals surface area contributed by atoms with Crippen LogP contribution in [0.3, 0.4) is 0 Å². The van der Waals surface area contributed by atoms with Crippen LogP contribution < -0.4 is 5.56 Å². The van der Waals surface area contributed by atoms with Gasteiger partial charge in [-0.15, -0.1) is 11.3 Å². The lowest BCUT2D eigenvalue weighted by atomic mass is 10.2. The molecular formula is C12H16N2O2S. The number of hydrogen-bond donors (Lipinski definition) is 1. The van der Waals surface area contributed by atoms with Gasteiger partial charge in [0, 0.05) is 4.88 Å². The first-order valence-electron chi connectivity index (χ1n) is 5.67. The van der Waals surface area contributed by atoms with E-state index in [1.54, 1.807) is 22.2 Å². The molecule has 0 aromatic carbocycles. The van der Waals surface area contributed by atoms with Gasteiger partial charge in [-0.3, -0.25) is 9.36 Å². The Hall–Kier alpha value is -1.20. The molecule has 0 saturated carbocycles. The molecule has 0 amide bonds. The van der Waals surface area contributed by atoms with Crippen molar-refractivity contribution in [3.8, 4) is 0 Å². The van der Waals surface area contributed by atoms with Crippen LogP contribution in [0.1, 0.15) is 29.8 Å². The van der Waals surface area contributed by atoms with Crippen molar-refractivity contribution >= 4 is 21.6 Å². The Morgan fingerprint density at radius 1 is 1.53 bits per heavy atom. The third-order valence-corrected chi connectivity index (χ3v) is 4.31. The number of thiophene rings is 1. The van der Waals surface area contributed by atoms with Crippen molar-refractivity contribution in [2.75, 3.05) is 6.61 Å². The Balaban J connectivity index is 2.73. The number of hydrogen-bond acceptors (Lipinski definition) is 4. The Morgan fingerprint density at radius 2 is 2.24 bits per heavy atom. The maximum Gasteiger partial charge on any atom is 0.262 e. The summed E-state index contributed by atoms with van der Waals surface area (Å²) in [6.07, 6.45) is 2.26. The van der Waals surface area contributed by atoms with Crippen molar-refractivity contribution in [1.82, 2.24) is 9.55 Å². The van der Waals surface area contributed by atoms with Gasteiger partial charge in [0.2, 0.25) is 0 Å². The average molecular weight is 252 g/mol. The molecule has 2 aromatic heterocycles. The van der Waals surface area contributed by atoms with Gasteiger partial charge < -0.3 is 5.11 Å². The predicted molar refractivity (Wildman–Crippen MR) is 69.8 cm³/mol. The summed E-state index contributed by atoms with van der Waals surface area (Å²) in [6, 6.07) is -0.181. The summed E-state index contributed by atoms with van der Waals surface area (Å²) in [5, 5.41) is 9.96. The van der Waals surface area contributed by atoms with E-state index in [0.29, 0.717) is 11.8 Å². The molecule has 1 atom stereocenters. The number of aryl methyl sites for hydroxylation is 2. The lowest BCUT2D eigenvalue weighted by Gasteiger charge is -2.14. The standard InChI is InChI=1S/C12H16N2O2S/c1-4-9(5-15)14-6-13-11-10(12(14)16)7(2)8(3)17-11/h6,9,15H,4-5H2,1-3H3. The first-order chi connectivity index (χ1) is 8.10. The third kappa shape index (κ3) is 1.89. The lowest BCUT2D eigenvalue weighted by Crippen LogP contribution is -2.26. The zero-order chi connectivity index (χ0) is 12.6. The van der Waals surface area contributed by atoms with E-state index in [2.05, 4.69) is 4.98 Å². The monoisotopic (exact) mass is 252 g/mol. The molecule has 5 heteroatoms. The van der Waals surface area contributed by atoms with Crippen molar-refractivity contribution in [1.29, 1.82) is 0 Å². The highest BCUT2D eigenvalue weighted by Gasteiger charge is 2.15. The lowest BCUT2D eigenvalue weighted by molar-refractivity contribution is 0.221. The van der Waals surface area contributed by atoms with Crippen molar-refractivity contribution in [2.24, 2.45) is 0 Å². The largest absolute Gasteiger partial charge is 0.394 e. The second-order valence-electron chi connectivity index (χ2n) is 4.17. The van der Waals surface area contributed by atoms with Crippen LogP contribution in [0.2, 0.25) is 0 Å². The first kappa shape index (κ1) is 12.3. The van der Waals surface area contributed by atoms with Gasteiger partial charge in [-0.25, -0.2) is 4.98 Å². The van der Waals surface area contributed by atoms with Gasteiger partial charge in [0.1, 0.15) is 4.83 Å². The molecule has 0 radical (unpaired) electrons. The zero-order valence-corrected chi connectivity index (χ0v) is 11.0. The molecule has 0 saturated heterocycles. The number of fused-ring (bicyclic) bond motifs is 1. The van der Waals surface area contributed by atoms with Crippen LogP contribution in [0.25, 0.3) is 10.2 Å². The molecule has 0 fully saturated rings. The Morgan fingerprint density at radius 3 is 2.82 bits per heavy atom. The molecule has 2 aromatic rings. The van der Waals surface area contributed by atoms with Crippen LogP contribution in [-0.4, -0.2) is 21.3 Å². The highest BCUT2D eigenvalue weighted by atomic mass is 32.1. The van der Waals surface area contributed by atoms with Gasteiger partial charge in [0.25, 0.3) is 5.56 Å². The minimum Gasteiger partial charge on any atom is -0.394 e. The molecule has 1 N–H and O–H groups in total. The van der Waals surface area contributed by atoms with Crippen LogP contribution in [0.4, 0.5) is 0 Å². The minimum atomic E-state index is -0.181. The van der Waals surface area contributed by atoms with Gasteiger partial charge in [-0.05, 0) is 25.8 Å². The molecule has 0 aliphatic carbocycles. The molecule has 0 aliphatic heterocycles. The summed E-state index contributed by atoms with van der Waals surface area (Å²) in [7, 11) is 0. The number of aliphatic hydroxyl groups excluding tert-OH is 1. The van der Waals surface area contributed by atoms with E-state index in [4.69, 9.17) is 0 Å². The molecule has 92 valence electrons. The number of nitrogens with zero attached hydrogens (tertiary/aromatic N) is 2. The predicted octanol–water partition coefficient (Wildman–Crippen LogP) is 2.02. The Labute approximate surface area is 104 Å². The quantitative estimate of drug-likeness (QED) is 0.909. The fraction of sp³-hybridized carbons (Fsp3) is 0.500. The van der Waals surface area contributed by atoms with E-state index in [1.807, 2.05) is 20.8 Å². The second kappa shape index (κ2) is 4.58.